The smallest absolute Gasteiger partial charge is 0.334 e. The maximum absolute atomic E-state index is 12.3. The van der Waals surface area contributed by atoms with E-state index in [-0.39, 0.29) is 41.2 Å². The molecule has 0 aromatic carbocycles. The summed E-state index contributed by atoms with van der Waals surface area (Å²) in [6, 6.07) is 0. The number of ether oxygens (including phenoxy) is 4. The summed E-state index contributed by atoms with van der Waals surface area (Å²) in [6.45, 7) is 6.56. The third kappa shape index (κ3) is 3.31. The Labute approximate surface area is 199 Å². The van der Waals surface area contributed by atoms with Crippen LogP contribution in [0.1, 0.15) is 79.1 Å². The predicted molar refractivity (Wildman–Crippen MR) is 118 cm³/mol. The Hall–Kier alpha value is -2.38. The summed E-state index contributed by atoms with van der Waals surface area (Å²) in [6.07, 6.45) is 8.05. The molecule has 7 atom stereocenters. The molecule has 4 fully saturated rings. The average Bonchev–Trinajstić information content (AvgIpc) is 3.16. The molecule has 2 unspecified atom stereocenters. The van der Waals surface area contributed by atoms with Crippen LogP contribution < -0.4 is 0 Å². The molecule has 186 valence electrons. The largest absolute Gasteiger partial charge is 0.462 e. The molecular formula is C26H34O8. The van der Waals surface area contributed by atoms with E-state index < -0.39 is 23.3 Å². The molecule has 0 aromatic rings. The predicted octanol–water partition coefficient (Wildman–Crippen LogP) is 3.61. The Bertz CT molecular complexity index is 985. The second-order valence-corrected chi connectivity index (χ2v) is 11.5. The lowest BCUT2D eigenvalue weighted by Crippen LogP contribution is -2.57. The molecular weight excluding hydrogens is 440 g/mol. The van der Waals surface area contributed by atoms with E-state index in [0.29, 0.717) is 18.8 Å². The van der Waals surface area contributed by atoms with Crippen molar-refractivity contribution in [1.29, 1.82) is 0 Å². The maximum Gasteiger partial charge on any atom is 0.334 e. The minimum atomic E-state index is -1.26. The highest BCUT2D eigenvalue weighted by Gasteiger charge is 2.70. The quantitative estimate of drug-likeness (QED) is 0.449. The first-order valence-corrected chi connectivity index (χ1v) is 12.4. The molecule has 8 heteroatoms. The Morgan fingerprint density at radius 3 is 2.41 bits per heavy atom. The fourth-order valence-electron chi connectivity index (χ4n) is 8.73. The standard InChI is InChI=1S/C26H34O8/c1-15(27)31-14-25(32-16(2)28)13-24-8-7-19-20-11-22(30)34-26(20,33-17(3)29)10-9-23(19,4)21(24)6-5-18(25)12-24/h11,18-19,21H,5-10,12-14H2,1-4H3/t18-,19?,21?,23-,24+,25+,26-/m1/s1. The lowest BCUT2D eigenvalue weighted by atomic mass is 9.44. The van der Waals surface area contributed by atoms with Gasteiger partial charge in [0, 0.05) is 44.8 Å². The molecule has 5 aliphatic rings. The highest BCUT2D eigenvalue weighted by atomic mass is 16.7. The van der Waals surface area contributed by atoms with E-state index in [2.05, 4.69) is 6.92 Å². The van der Waals surface area contributed by atoms with Gasteiger partial charge in [-0.25, -0.2) is 4.79 Å². The molecule has 8 nitrogen and oxygen atoms in total. The lowest BCUT2D eigenvalue weighted by Gasteiger charge is -2.61. The summed E-state index contributed by atoms with van der Waals surface area (Å²) in [7, 11) is 0. The van der Waals surface area contributed by atoms with Gasteiger partial charge in [-0.1, -0.05) is 6.92 Å². The van der Waals surface area contributed by atoms with Crippen molar-refractivity contribution in [2.24, 2.45) is 28.6 Å². The summed E-state index contributed by atoms with van der Waals surface area (Å²) in [4.78, 5) is 47.9. The lowest BCUT2D eigenvalue weighted by molar-refractivity contribution is -0.226. The number of fused-ring (bicyclic) bond motifs is 5. The first kappa shape index (κ1) is 23.4. The van der Waals surface area contributed by atoms with Crippen LogP contribution in [-0.2, 0) is 38.1 Å². The van der Waals surface area contributed by atoms with Gasteiger partial charge in [0.05, 0.1) is 0 Å². The van der Waals surface area contributed by atoms with Crippen molar-refractivity contribution in [3.63, 3.8) is 0 Å². The van der Waals surface area contributed by atoms with E-state index in [1.807, 2.05) is 0 Å². The van der Waals surface area contributed by atoms with E-state index >= 15 is 0 Å². The molecule has 0 N–H and O–H groups in total. The molecule has 2 bridgehead atoms. The van der Waals surface area contributed by atoms with Gasteiger partial charge in [-0.2, -0.15) is 0 Å². The van der Waals surface area contributed by atoms with Gasteiger partial charge in [0.15, 0.2) is 0 Å². The van der Waals surface area contributed by atoms with Crippen molar-refractivity contribution in [3.8, 4) is 0 Å². The number of carbonyl (C=O) groups is 4. The van der Waals surface area contributed by atoms with Crippen molar-refractivity contribution in [2.75, 3.05) is 6.61 Å². The molecule has 4 aliphatic carbocycles. The molecule has 34 heavy (non-hydrogen) atoms. The zero-order valence-electron chi connectivity index (χ0n) is 20.4. The van der Waals surface area contributed by atoms with Crippen molar-refractivity contribution in [1.82, 2.24) is 0 Å². The Kier molecular flexibility index (Phi) is 5.19. The van der Waals surface area contributed by atoms with E-state index in [1.165, 1.54) is 20.8 Å². The normalized spacial score (nSPS) is 44.1. The van der Waals surface area contributed by atoms with Gasteiger partial charge in [0.2, 0.25) is 0 Å². The van der Waals surface area contributed by atoms with Gasteiger partial charge in [-0.05, 0) is 67.6 Å². The van der Waals surface area contributed by atoms with Crippen LogP contribution in [-0.4, -0.2) is 41.9 Å². The van der Waals surface area contributed by atoms with Crippen LogP contribution in [0.25, 0.3) is 0 Å². The van der Waals surface area contributed by atoms with Crippen molar-refractivity contribution in [2.45, 2.75) is 90.4 Å². The third-order valence-electron chi connectivity index (χ3n) is 9.64. The molecule has 1 heterocycles. The highest BCUT2D eigenvalue weighted by molar-refractivity contribution is 5.87. The van der Waals surface area contributed by atoms with E-state index in [1.54, 1.807) is 6.08 Å². The monoisotopic (exact) mass is 474 g/mol. The van der Waals surface area contributed by atoms with Crippen LogP contribution in [0, 0.1) is 28.6 Å². The van der Waals surface area contributed by atoms with E-state index in [9.17, 15) is 19.2 Å². The van der Waals surface area contributed by atoms with Gasteiger partial charge in [-0.3, -0.25) is 14.4 Å². The Morgan fingerprint density at radius 1 is 1.00 bits per heavy atom. The topological polar surface area (TPSA) is 105 Å². The van der Waals surface area contributed by atoms with Crippen LogP contribution >= 0.6 is 0 Å². The summed E-state index contributed by atoms with van der Waals surface area (Å²) < 4.78 is 22.6. The van der Waals surface area contributed by atoms with Gasteiger partial charge in [0.1, 0.15) is 12.2 Å². The molecule has 1 aliphatic heterocycles. The minimum Gasteiger partial charge on any atom is -0.462 e. The SMILES string of the molecule is CC(=O)OC[C@@]1(OC(C)=O)C[C@@]23CCC4C5=CC(=O)O[C@]5(OC(C)=O)CC[C@@]4(C)C2CC[C@@H]1C3. The van der Waals surface area contributed by atoms with Crippen molar-refractivity contribution >= 4 is 23.9 Å². The molecule has 5 rings (SSSR count). The van der Waals surface area contributed by atoms with Crippen LogP contribution in [0.2, 0.25) is 0 Å². The summed E-state index contributed by atoms with van der Waals surface area (Å²) >= 11 is 0. The number of rotatable bonds is 4. The molecule has 0 radical (unpaired) electrons. The third-order valence-corrected chi connectivity index (χ3v) is 9.64. The van der Waals surface area contributed by atoms with E-state index in [0.717, 1.165) is 44.1 Å². The minimum absolute atomic E-state index is 0.0186. The van der Waals surface area contributed by atoms with Gasteiger partial charge >= 0.3 is 23.9 Å². The van der Waals surface area contributed by atoms with Gasteiger partial charge < -0.3 is 18.9 Å². The van der Waals surface area contributed by atoms with Crippen molar-refractivity contribution in [3.05, 3.63) is 11.6 Å². The molecule has 1 spiro atoms. The first-order valence-electron chi connectivity index (χ1n) is 12.4. The number of hydrogen-bond donors (Lipinski definition) is 0. The summed E-state index contributed by atoms with van der Waals surface area (Å²) in [5, 5.41) is 0. The summed E-state index contributed by atoms with van der Waals surface area (Å²) in [5.41, 5.74) is -0.0879. The van der Waals surface area contributed by atoms with Crippen LogP contribution in [0.5, 0.6) is 0 Å². The van der Waals surface area contributed by atoms with Crippen LogP contribution in [0.3, 0.4) is 0 Å². The fourth-order valence-corrected chi connectivity index (χ4v) is 8.73. The summed E-state index contributed by atoms with van der Waals surface area (Å²) in [5.74, 6) is -2.28. The number of esters is 4. The molecule has 0 saturated heterocycles. The molecule has 4 saturated carbocycles. The van der Waals surface area contributed by atoms with Gasteiger partial charge in [-0.15, -0.1) is 0 Å². The zero-order chi connectivity index (χ0) is 24.5. The highest BCUT2D eigenvalue weighted by Crippen LogP contribution is 2.73. The van der Waals surface area contributed by atoms with Crippen molar-refractivity contribution < 1.29 is 38.1 Å². The maximum atomic E-state index is 12.3. The fraction of sp³-hybridized carbons (Fsp3) is 0.769. The Balaban J connectivity index is 1.48. The van der Waals surface area contributed by atoms with Gasteiger partial charge in [0.25, 0.3) is 5.79 Å². The average molecular weight is 475 g/mol. The Morgan fingerprint density at radius 2 is 1.74 bits per heavy atom. The zero-order valence-corrected chi connectivity index (χ0v) is 20.4. The molecule has 0 aromatic heterocycles. The second-order valence-electron chi connectivity index (χ2n) is 11.5. The van der Waals surface area contributed by atoms with E-state index in [4.69, 9.17) is 18.9 Å². The van der Waals surface area contributed by atoms with Crippen LogP contribution in [0.15, 0.2) is 11.6 Å². The number of hydrogen-bond acceptors (Lipinski definition) is 8. The molecule has 0 amide bonds. The second kappa shape index (κ2) is 7.56. The van der Waals surface area contributed by atoms with Crippen LogP contribution in [0.4, 0.5) is 0 Å². The first-order chi connectivity index (χ1) is 15.9. The number of carbonyl (C=O) groups excluding carboxylic acids is 4.